The summed E-state index contributed by atoms with van der Waals surface area (Å²) in [7, 11) is -3.35. The standard InChI is InChI=1S/C11H15N3O3S/c1-18(16,17)10-4-8(5-13-6-10)11(15)14-3-2-9(12)7-14/h4-6,9H,2-3,7,12H2,1H3. The van der Waals surface area contributed by atoms with Crippen LogP contribution < -0.4 is 5.73 Å². The summed E-state index contributed by atoms with van der Waals surface area (Å²) in [6.07, 6.45) is 4.47. The van der Waals surface area contributed by atoms with Gasteiger partial charge in [0.25, 0.3) is 5.91 Å². The van der Waals surface area contributed by atoms with Crippen LogP contribution >= 0.6 is 0 Å². The predicted octanol–water partition coefficient (Wildman–Crippen LogP) is -0.342. The van der Waals surface area contributed by atoms with Gasteiger partial charge in [0.1, 0.15) is 0 Å². The van der Waals surface area contributed by atoms with Gasteiger partial charge in [0.15, 0.2) is 9.84 Å². The van der Waals surface area contributed by atoms with E-state index >= 15 is 0 Å². The fourth-order valence-electron chi connectivity index (χ4n) is 1.89. The molecule has 0 bridgehead atoms. The van der Waals surface area contributed by atoms with Gasteiger partial charge in [-0.3, -0.25) is 9.78 Å². The zero-order valence-corrected chi connectivity index (χ0v) is 10.9. The molecular weight excluding hydrogens is 254 g/mol. The van der Waals surface area contributed by atoms with Crippen LogP contribution in [0.2, 0.25) is 0 Å². The molecule has 7 heteroatoms. The molecule has 1 saturated heterocycles. The van der Waals surface area contributed by atoms with Gasteiger partial charge in [0, 0.05) is 37.8 Å². The molecule has 0 spiro atoms. The zero-order valence-electron chi connectivity index (χ0n) is 10.0. The summed E-state index contributed by atoms with van der Waals surface area (Å²) < 4.78 is 22.8. The van der Waals surface area contributed by atoms with Crippen molar-refractivity contribution in [2.24, 2.45) is 5.73 Å². The molecule has 98 valence electrons. The summed E-state index contributed by atoms with van der Waals surface area (Å²) in [4.78, 5) is 17.6. The number of hydrogen-bond acceptors (Lipinski definition) is 5. The Balaban J connectivity index is 2.26. The molecule has 1 aromatic rings. The van der Waals surface area contributed by atoms with Gasteiger partial charge in [-0.25, -0.2) is 8.42 Å². The van der Waals surface area contributed by atoms with E-state index in [1.54, 1.807) is 4.90 Å². The van der Waals surface area contributed by atoms with E-state index in [-0.39, 0.29) is 22.4 Å². The van der Waals surface area contributed by atoms with E-state index < -0.39 is 9.84 Å². The second kappa shape index (κ2) is 4.66. The monoisotopic (exact) mass is 269 g/mol. The van der Waals surface area contributed by atoms with Crippen LogP contribution in [0.3, 0.4) is 0 Å². The maximum Gasteiger partial charge on any atom is 0.255 e. The Bertz CT molecular complexity index is 571. The lowest BCUT2D eigenvalue weighted by Gasteiger charge is -2.15. The largest absolute Gasteiger partial charge is 0.337 e. The Labute approximate surface area is 106 Å². The van der Waals surface area contributed by atoms with Crippen molar-refractivity contribution in [3.63, 3.8) is 0 Å². The Kier molecular flexibility index (Phi) is 3.36. The second-order valence-electron chi connectivity index (χ2n) is 4.48. The molecule has 1 aromatic heterocycles. The van der Waals surface area contributed by atoms with E-state index in [4.69, 9.17) is 5.73 Å². The number of nitrogens with two attached hydrogens (primary N) is 1. The summed E-state index contributed by atoms with van der Waals surface area (Å²) >= 11 is 0. The maximum absolute atomic E-state index is 12.1. The van der Waals surface area contributed by atoms with Gasteiger partial charge in [0.05, 0.1) is 10.5 Å². The van der Waals surface area contributed by atoms with E-state index in [0.29, 0.717) is 13.1 Å². The Morgan fingerprint density at radius 1 is 1.50 bits per heavy atom. The Morgan fingerprint density at radius 3 is 2.78 bits per heavy atom. The lowest BCUT2D eigenvalue weighted by Crippen LogP contribution is -2.32. The zero-order chi connectivity index (χ0) is 13.3. The van der Waals surface area contributed by atoms with E-state index in [2.05, 4.69) is 4.98 Å². The number of aromatic nitrogens is 1. The van der Waals surface area contributed by atoms with Crippen LogP contribution in [0.5, 0.6) is 0 Å². The fourth-order valence-corrected chi connectivity index (χ4v) is 2.49. The Morgan fingerprint density at radius 2 is 2.22 bits per heavy atom. The molecule has 6 nitrogen and oxygen atoms in total. The third-order valence-electron chi connectivity index (χ3n) is 2.90. The van der Waals surface area contributed by atoms with Gasteiger partial charge in [-0.05, 0) is 12.5 Å². The summed E-state index contributed by atoms with van der Waals surface area (Å²) in [5, 5.41) is 0. The normalized spacial score (nSPS) is 20.1. The first-order valence-electron chi connectivity index (χ1n) is 5.58. The molecule has 1 atom stereocenters. The molecule has 2 N–H and O–H groups in total. The van der Waals surface area contributed by atoms with Crippen LogP contribution in [0.1, 0.15) is 16.8 Å². The van der Waals surface area contributed by atoms with E-state index in [9.17, 15) is 13.2 Å². The number of likely N-dealkylation sites (tertiary alicyclic amines) is 1. The average Bonchev–Trinajstić information content (AvgIpc) is 2.74. The van der Waals surface area contributed by atoms with Crippen molar-refractivity contribution in [1.29, 1.82) is 0 Å². The summed E-state index contributed by atoms with van der Waals surface area (Å²) in [5.41, 5.74) is 6.02. The number of pyridine rings is 1. The smallest absolute Gasteiger partial charge is 0.255 e. The molecule has 18 heavy (non-hydrogen) atoms. The van der Waals surface area contributed by atoms with Crippen LogP contribution in [0, 0.1) is 0 Å². The molecule has 2 heterocycles. The van der Waals surface area contributed by atoms with Gasteiger partial charge < -0.3 is 10.6 Å². The fraction of sp³-hybridized carbons (Fsp3) is 0.455. The highest BCUT2D eigenvalue weighted by Crippen LogP contribution is 2.15. The first-order chi connectivity index (χ1) is 8.38. The molecule has 1 fully saturated rings. The Hall–Kier alpha value is -1.47. The van der Waals surface area contributed by atoms with Crippen molar-refractivity contribution in [3.8, 4) is 0 Å². The van der Waals surface area contributed by atoms with Crippen molar-refractivity contribution < 1.29 is 13.2 Å². The van der Waals surface area contributed by atoms with E-state index in [1.807, 2.05) is 0 Å². The van der Waals surface area contributed by atoms with Gasteiger partial charge in [-0.1, -0.05) is 0 Å². The lowest BCUT2D eigenvalue weighted by atomic mass is 10.2. The lowest BCUT2D eigenvalue weighted by molar-refractivity contribution is 0.0790. The van der Waals surface area contributed by atoms with Crippen molar-refractivity contribution in [2.75, 3.05) is 19.3 Å². The van der Waals surface area contributed by atoms with Crippen LogP contribution in [-0.2, 0) is 9.84 Å². The molecule has 0 aliphatic carbocycles. The van der Waals surface area contributed by atoms with Crippen LogP contribution in [-0.4, -0.2) is 49.6 Å². The molecule has 0 saturated carbocycles. The van der Waals surface area contributed by atoms with Crippen LogP contribution in [0.4, 0.5) is 0 Å². The summed E-state index contributed by atoms with van der Waals surface area (Å²) in [5.74, 6) is -0.221. The van der Waals surface area contributed by atoms with Gasteiger partial charge in [0.2, 0.25) is 0 Å². The molecule has 0 radical (unpaired) electrons. The number of sulfone groups is 1. The topological polar surface area (TPSA) is 93.4 Å². The van der Waals surface area contributed by atoms with E-state index in [0.717, 1.165) is 12.7 Å². The summed E-state index contributed by atoms with van der Waals surface area (Å²) in [6, 6.07) is 1.36. The van der Waals surface area contributed by atoms with E-state index in [1.165, 1.54) is 18.5 Å². The average molecular weight is 269 g/mol. The number of rotatable bonds is 2. The van der Waals surface area contributed by atoms with Gasteiger partial charge in [-0.15, -0.1) is 0 Å². The predicted molar refractivity (Wildman–Crippen MR) is 65.8 cm³/mol. The van der Waals surface area contributed by atoms with Gasteiger partial charge in [-0.2, -0.15) is 0 Å². The highest BCUT2D eigenvalue weighted by molar-refractivity contribution is 7.90. The first kappa shape index (κ1) is 13.0. The highest BCUT2D eigenvalue weighted by atomic mass is 32.2. The minimum absolute atomic E-state index is 0.000000354. The minimum Gasteiger partial charge on any atom is -0.337 e. The van der Waals surface area contributed by atoms with Crippen LogP contribution in [0.15, 0.2) is 23.4 Å². The molecule has 1 aliphatic heterocycles. The molecule has 2 rings (SSSR count). The molecule has 1 aliphatic rings. The number of carbonyl (C=O) groups excluding carboxylic acids is 1. The molecular formula is C11H15N3O3S. The third kappa shape index (κ3) is 2.68. The van der Waals surface area contributed by atoms with Crippen molar-refractivity contribution in [2.45, 2.75) is 17.4 Å². The van der Waals surface area contributed by atoms with Gasteiger partial charge >= 0.3 is 0 Å². The molecule has 1 unspecified atom stereocenters. The first-order valence-corrected chi connectivity index (χ1v) is 7.47. The quantitative estimate of drug-likeness (QED) is 0.792. The van der Waals surface area contributed by atoms with Crippen molar-refractivity contribution >= 4 is 15.7 Å². The number of nitrogens with zero attached hydrogens (tertiary/aromatic N) is 2. The highest BCUT2D eigenvalue weighted by Gasteiger charge is 2.25. The maximum atomic E-state index is 12.1. The molecule has 1 amide bonds. The third-order valence-corrected chi connectivity index (χ3v) is 3.98. The van der Waals surface area contributed by atoms with Crippen molar-refractivity contribution in [3.05, 3.63) is 24.0 Å². The van der Waals surface area contributed by atoms with Crippen LogP contribution in [0.25, 0.3) is 0 Å². The second-order valence-corrected chi connectivity index (χ2v) is 6.50. The molecule has 0 aromatic carbocycles. The SMILES string of the molecule is CS(=O)(=O)c1cncc(C(=O)N2CCC(N)C2)c1. The van der Waals surface area contributed by atoms with Crippen molar-refractivity contribution in [1.82, 2.24) is 9.88 Å². The number of carbonyl (C=O) groups is 1. The number of hydrogen-bond donors (Lipinski definition) is 1. The minimum atomic E-state index is -3.35. The summed E-state index contributed by atoms with van der Waals surface area (Å²) in [6.45, 7) is 1.10. The number of amides is 1.